The lowest BCUT2D eigenvalue weighted by atomic mass is 9.92. The first kappa shape index (κ1) is 30.4. The standard InChI is InChI=1S/C46H28N6O/c1-3-12-30(13-4-1)36-28-37-42(46-45(36)51-53-52-46)35-17-11-16-34(44(35)50-43(37)32-14-5-2-6-15-32)31-22-20-29(21-23-31)33-26-40(38-18-7-9-24-47-38)49-41(27-33)39-19-8-10-25-48-39/h1-28H. The molecule has 0 amide bonds. The molecule has 0 unspecified atom stereocenters. The van der Waals surface area contributed by atoms with Gasteiger partial charge in [-0.15, -0.1) is 0 Å². The molecule has 0 saturated heterocycles. The molecule has 7 nitrogen and oxygen atoms in total. The van der Waals surface area contributed by atoms with Crippen LogP contribution in [0.3, 0.4) is 0 Å². The number of fused-ring (bicyclic) bond motifs is 5. The molecule has 0 saturated carbocycles. The van der Waals surface area contributed by atoms with Gasteiger partial charge in [0, 0.05) is 45.2 Å². The molecule has 0 spiro atoms. The van der Waals surface area contributed by atoms with Crippen LogP contribution in [0.15, 0.2) is 175 Å². The lowest BCUT2D eigenvalue weighted by Gasteiger charge is -2.15. The van der Waals surface area contributed by atoms with Crippen LogP contribution in [0.4, 0.5) is 0 Å². The molecule has 5 aromatic heterocycles. The topological polar surface area (TPSA) is 90.5 Å². The summed E-state index contributed by atoms with van der Waals surface area (Å²) < 4.78 is 5.44. The zero-order chi connectivity index (χ0) is 35.1. The zero-order valence-corrected chi connectivity index (χ0v) is 28.3. The molecule has 0 fully saturated rings. The molecule has 0 aliphatic carbocycles. The maximum absolute atomic E-state index is 5.45. The van der Waals surface area contributed by atoms with Crippen LogP contribution in [0, 0.1) is 0 Å². The average molecular weight is 681 g/mol. The first-order chi connectivity index (χ1) is 26.3. The summed E-state index contributed by atoms with van der Waals surface area (Å²) in [4.78, 5) is 19.6. The van der Waals surface area contributed by atoms with Crippen molar-refractivity contribution in [3.05, 3.63) is 170 Å². The molecule has 0 aliphatic rings. The van der Waals surface area contributed by atoms with Crippen LogP contribution in [-0.2, 0) is 0 Å². The van der Waals surface area contributed by atoms with E-state index in [0.717, 1.165) is 94.6 Å². The van der Waals surface area contributed by atoms with E-state index in [1.165, 1.54) is 0 Å². The number of aromatic nitrogens is 6. The van der Waals surface area contributed by atoms with Gasteiger partial charge in [-0.25, -0.2) is 14.6 Å². The molecule has 0 radical (unpaired) electrons. The van der Waals surface area contributed by atoms with Gasteiger partial charge in [-0.05, 0) is 75.0 Å². The Hall–Kier alpha value is -7.38. The average Bonchev–Trinajstić information content (AvgIpc) is 3.74. The highest BCUT2D eigenvalue weighted by molar-refractivity contribution is 6.24. The van der Waals surface area contributed by atoms with E-state index in [0.29, 0.717) is 5.52 Å². The Morgan fingerprint density at radius 2 is 0.962 bits per heavy atom. The number of benzene rings is 5. The van der Waals surface area contributed by atoms with Crippen molar-refractivity contribution in [1.29, 1.82) is 0 Å². The number of rotatable bonds is 6. The van der Waals surface area contributed by atoms with Crippen molar-refractivity contribution in [2.75, 3.05) is 0 Å². The van der Waals surface area contributed by atoms with Gasteiger partial charge in [0.25, 0.3) is 0 Å². The Labute approximate surface area is 304 Å². The first-order valence-electron chi connectivity index (χ1n) is 17.4. The number of hydrogen-bond acceptors (Lipinski definition) is 7. The molecule has 0 bridgehead atoms. The van der Waals surface area contributed by atoms with Crippen molar-refractivity contribution < 1.29 is 4.63 Å². The summed E-state index contributed by atoms with van der Waals surface area (Å²) in [5.74, 6) is 0. The molecule has 10 aromatic rings. The van der Waals surface area contributed by atoms with Gasteiger partial charge in [0.1, 0.15) is 11.0 Å². The minimum Gasteiger partial charge on any atom is -0.255 e. The van der Waals surface area contributed by atoms with Crippen molar-refractivity contribution in [1.82, 2.24) is 30.2 Å². The summed E-state index contributed by atoms with van der Waals surface area (Å²) in [6, 6.07) is 53.6. The van der Waals surface area contributed by atoms with Gasteiger partial charge in [0.15, 0.2) is 0 Å². The smallest absolute Gasteiger partial charge is 0.144 e. The molecule has 0 aliphatic heterocycles. The molecule has 0 N–H and O–H groups in total. The Morgan fingerprint density at radius 3 is 1.62 bits per heavy atom. The number of hydrogen-bond donors (Lipinski definition) is 0. The van der Waals surface area contributed by atoms with E-state index < -0.39 is 0 Å². The fraction of sp³-hybridized carbons (Fsp3) is 0. The van der Waals surface area contributed by atoms with Gasteiger partial charge in [-0.3, -0.25) is 9.97 Å². The van der Waals surface area contributed by atoms with E-state index in [1.54, 1.807) is 12.4 Å². The van der Waals surface area contributed by atoms with Crippen LogP contribution in [0.1, 0.15) is 0 Å². The second-order valence-electron chi connectivity index (χ2n) is 12.8. The summed E-state index contributed by atoms with van der Waals surface area (Å²) in [6.07, 6.45) is 3.58. The largest absolute Gasteiger partial charge is 0.255 e. The van der Waals surface area contributed by atoms with E-state index in [2.05, 4.69) is 105 Å². The minimum absolute atomic E-state index is 0.712. The van der Waals surface area contributed by atoms with Gasteiger partial charge >= 0.3 is 0 Å². The molecule has 10 rings (SSSR count). The number of pyridine rings is 4. The Kier molecular flexibility index (Phi) is 7.32. The third kappa shape index (κ3) is 5.39. The minimum atomic E-state index is 0.712. The molecular weight excluding hydrogens is 653 g/mol. The SMILES string of the molecule is c1ccc(-c2nc3c(-c4ccc(-c5cc(-c6ccccn6)nc(-c6ccccn6)c5)cc4)cccc3c3c2cc(-c2ccccc2)c2nonc23)cc1. The summed E-state index contributed by atoms with van der Waals surface area (Å²) in [5, 5.41) is 11.8. The fourth-order valence-corrected chi connectivity index (χ4v) is 7.16. The predicted molar refractivity (Wildman–Crippen MR) is 211 cm³/mol. The van der Waals surface area contributed by atoms with Crippen LogP contribution < -0.4 is 0 Å². The van der Waals surface area contributed by atoms with E-state index in [-0.39, 0.29) is 0 Å². The highest BCUT2D eigenvalue weighted by Crippen LogP contribution is 2.42. The van der Waals surface area contributed by atoms with Crippen LogP contribution in [-0.4, -0.2) is 30.2 Å². The molecule has 5 aromatic carbocycles. The van der Waals surface area contributed by atoms with Crippen LogP contribution >= 0.6 is 0 Å². The summed E-state index contributed by atoms with van der Waals surface area (Å²) in [7, 11) is 0. The number of para-hydroxylation sites is 1. The van der Waals surface area contributed by atoms with E-state index in [4.69, 9.17) is 14.6 Å². The van der Waals surface area contributed by atoms with E-state index in [9.17, 15) is 0 Å². The van der Waals surface area contributed by atoms with Gasteiger partial charge in [0.2, 0.25) is 0 Å². The van der Waals surface area contributed by atoms with Crippen molar-refractivity contribution in [2.24, 2.45) is 0 Å². The second-order valence-corrected chi connectivity index (χ2v) is 12.8. The summed E-state index contributed by atoms with van der Waals surface area (Å²) in [5.41, 5.74) is 13.5. The maximum atomic E-state index is 5.45. The van der Waals surface area contributed by atoms with Crippen molar-refractivity contribution in [3.8, 4) is 67.4 Å². The van der Waals surface area contributed by atoms with Gasteiger partial charge in [-0.1, -0.05) is 115 Å². The normalized spacial score (nSPS) is 11.4. The maximum Gasteiger partial charge on any atom is 0.144 e. The Bertz CT molecular complexity index is 2860. The van der Waals surface area contributed by atoms with Crippen LogP contribution in [0.25, 0.3) is 100 Å². The lowest BCUT2D eigenvalue weighted by molar-refractivity contribution is 0.316. The lowest BCUT2D eigenvalue weighted by Crippen LogP contribution is -1.95. The first-order valence-corrected chi connectivity index (χ1v) is 17.4. The molecule has 0 atom stereocenters. The molecular formula is C46H28N6O. The van der Waals surface area contributed by atoms with Gasteiger partial charge in [-0.2, -0.15) is 0 Å². The van der Waals surface area contributed by atoms with Crippen LogP contribution in [0.5, 0.6) is 0 Å². The van der Waals surface area contributed by atoms with Crippen molar-refractivity contribution in [3.63, 3.8) is 0 Å². The van der Waals surface area contributed by atoms with Crippen LogP contribution in [0.2, 0.25) is 0 Å². The highest BCUT2D eigenvalue weighted by atomic mass is 16.6. The molecule has 7 heteroatoms. The fourth-order valence-electron chi connectivity index (χ4n) is 7.16. The Balaban J connectivity index is 1.15. The van der Waals surface area contributed by atoms with Gasteiger partial charge < -0.3 is 0 Å². The zero-order valence-electron chi connectivity index (χ0n) is 28.3. The van der Waals surface area contributed by atoms with Crippen molar-refractivity contribution >= 4 is 32.7 Å². The molecule has 53 heavy (non-hydrogen) atoms. The predicted octanol–water partition coefficient (Wildman–Crippen LogP) is 11.1. The Morgan fingerprint density at radius 1 is 0.358 bits per heavy atom. The molecule has 5 heterocycles. The highest BCUT2D eigenvalue weighted by Gasteiger charge is 2.21. The van der Waals surface area contributed by atoms with Crippen molar-refractivity contribution in [2.45, 2.75) is 0 Å². The molecule has 248 valence electrons. The second kappa shape index (κ2) is 12.7. The quantitative estimate of drug-likeness (QED) is 0.161. The van der Waals surface area contributed by atoms with E-state index >= 15 is 0 Å². The van der Waals surface area contributed by atoms with Gasteiger partial charge in [0.05, 0.1) is 34.0 Å². The summed E-state index contributed by atoms with van der Waals surface area (Å²) in [6.45, 7) is 0. The third-order valence-corrected chi connectivity index (χ3v) is 9.66. The van der Waals surface area contributed by atoms with E-state index in [1.807, 2.05) is 72.8 Å². The summed E-state index contributed by atoms with van der Waals surface area (Å²) >= 11 is 0. The number of nitrogens with zero attached hydrogens (tertiary/aromatic N) is 6. The monoisotopic (exact) mass is 680 g/mol. The third-order valence-electron chi connectivity index (χ3n) is 9.66.